The van der Waals surface area contributed by atoms with Gasteiger partial charge in [0.05, 0.1) is 11.6 Å². The molecule has 1 aromatic carbocycles. The van der Waals surface area contributed by atoms with Crippen LogP contribution in [-0.2, 0) is 5.88 Å². The molecule has 1 heterocycles. The van der Waals surface area contributed by atoms with Gasteiger partial charge in [-0.25, -0.2) is 4.39 Å². The summed E-state index contributed by atoms with van der Waals surface area (Å²) in [6.45, 7) is 0. The number of halogens is 2. The van der Waals surface area contributed by atoms with E-state index in [2.05, 4.69) is 0 Å². The Hall–Kier alpha value is -1.68. The van der Waals surface area contributed by atoms with Crippen molar-refractivity contribution in [3.63, 3.8) is 0 Å². The first-order valence-electron chi connectivity index (χ1n) is 4.58. The summed E-state index contributed by atoms with van der Waals surface area (Å²) in [7, 11) is 0. The predicted molar refractivity (Wildman–Crippen MR) is 58.6 cm³/mol. The van der Waals surface area contributed by atoms with Gasteiger partial charge >= 0.3 is 0 Å². The van der Waals surface area contributed by atoms with Gasteiger partial charge in [0.1, 0.15) is 5.82 Å². The average Bonchev–Trinajstić information content (AvgIpc) is 2.56. The summed E-state index contributed by atoms with van der Waals surface area (Å²) in [5.74, 6) is -0.570. The first-order valence-corrected chi connectivity index (χ1v) is 5.11. The van der Waals surface area contributed by atoms with Crippen molar-refractivity contribution in [2.45, 2.75) is 5.88 Å². The fourth-order valence-corrected chi connectivity index (χ4v) is 1.68. The Morgan fingerprint density at radius 1 is 1.19 bits per heavy atom. The normalized spacial score (nSPS) is 10.6. The van der Waals surface area contributed by atoms with Gasteiger partial charge in [-0.3, -0.25) is 4.57 Å². The largest absolute Gasteiger partial charge is 0.494 e. The first kappa shape index (κ1) is 10.8. The van der Waals surface area contributed by atoms with Gasteiger partial charge in [0.25, 0.3) is 0 Å². The van der Waals surface area contributed by atoms with Gasteiger partial charge in [-0.05, 0) is 24.3 Å². The predicted octanol–water partition coefficient (Wildman–Crippen LogP) is 2.77. The maximum atomic E-state index is 12.7. The molecule has 2 aromatic rings. The lowest BCUT2D eigenvalue weighted by atomic mass is 10.3. The van der Waals surface area contributed by atoms with Crippen molar-refractivity contribution in [3.8, 4) is 17.4 Å². The molecule has 0 atom stereocenters. The lowest BCUT2D eigenvalue weighted by Gasteiger charge is -2.06. The van der Waals surface area contributed by atoms with Gasteiger partial charge in [0.2, 0.25) is 5.88 Å². The lowest BCUT2D eigenvalue weighted by molar-refractivity contribution is 0.401. The number of benzene rings is 1. The molecule has 0 spiro atoms. The molecule has 5 heteroatoms. The number of rotatable bonds is 2. The van der Waals surface area contributed by atoms with Crippen molar-refractivity contribution in [1.82, 2.24) is 4.57 Å². The molecule has 0 fully saturated rings. The highest BCUT2D eigenvalue weighted by Gasteiger charge is 2.14. The van der Waals surface area contributed by atoms with Gasteiger partial charge < -0.3 is 10.2 Å². The second kappa shape index (κ2) is 4.06. The van der Waals surface area contributed by atoms with E-state index < -0.39 is 0 Å². The topological polar surface area (TPSA) is 45.4 Å². The summed E-state index contributed by atoms with van der Waals surface area (Å²) in [5, 5.41) is 19.4. The highest BCUT2D eigenvalue weighted by molar-refractivity contribution is 6.17. The van der Waals surface area contributed by atoms with E-state index in [1.54, 1.807) is 0 Å². The van der Waals surface area contributed by atoms with E-state index in [4.69, 9.17) is 11.6 Å². The first-order chi connectivity index (χ1) is 7.63. The molecule has 0 saturated carbocycles. The van der Waals surface area contributed by atoms with E-state index in [0.29, 0.717) is 11.3 Å². The Balaban J connectivity index is 2.55. The van der Waals surface area contributed by atoms with E-state index in [1.807, 2.05) is 0 Å². The standard InChI is InChI=1S/C11H9ClFNO2/c12-6-7-5-10(15)14(11(7)16)9-3-1-8(13)2-4-9/h1-5,15-16H,6H2. The summed E-state index contributed by atoms with van der Waals surface area (Å²) in [4.78, 5) is 0. The number of alkyl halides is 1. The summed E-state index contributed by atoms with van der Waals surface area (Å²) < 4.78 is 13.9. The third kappa shape index (κ3) is 1.72. The number of hydrogen-bond donors (Lipinski definition) is 2. The molecule has 0 aliphatic rings. The maximum Gasteiger partial charge on any atom is 0.203 e. The smallest absolute Gasteiger partial charge is 0.203 e. The van der Waals surface area contributed by atoms with Crippen LogP contribution in [-0.4, -0.2) is 14.8 Å². The fraction of sp³-hybridized carbons (Fsp3) is 0.0909. The Labute approximate surface area is 96.3 Å². The maximum absolute atomic E-state index is 12.7. The molecule has 2 N–H and O–H groups in total. The molecule has 0 amide bonds. The molecular weight excluding hydrogens is 233 g/mol. The Morgan fingerprint density at radius 2 is 1.81 bits per heavy atom. The van der Waals surface area contributed by atoms with Crippen LogP contribution in [0.2, 0.25) is 0 Å². The zero-order valence-electron chi connectivity index (χ0n) is 8.19. The van der Waals surface area contributed by atoms with Crippen molar-refractivity contribution in [2.24, 2.45) is 0 Å². The third-order valence-corrected chi connectivity index (χ3v) is 2.55. The molecule has 1 aromatic heterocycles. The van der Waals surface area contributed by atoms with Crippen molar-refractivity contribution in [1.29, 1.82) is 0 Å². The van der Waals surface area contributed by atoms with Gasteiger partial charge in [-0.1, -0.05) is 0 Å². The Bertz CT molecular complexity index is 507. The molecule has 0 aliphatic carbocycles. The van der Waals surface area contributed by atoms with Crippen molar-refractivity contribution in [3.05, 3.63) is 41.7 Å². The van der Waals surface area contributed by atoms with E-state index in [0.717, 1.165) is 0 Å². The zero-order chi connectivity index (χ0) is 11.7. The monoisotopic (exact) mass is 241 g/mol. The van der Waals surface area contributed by atoms with Crippen molar-refractivity contribution >= 4 is 11.6 Å². The Kier molecular flexibility index (Phi) is 2.75. The lowest BCUT2D eigenvalue weighted by Crippen LogP contribution is -1.92. The quantitative estimate of drug-likeness (QED) is 0.794. The second-order valence-corrected chi connectivity index (χ2v) is 3.56. The molecule has 0 saturated heterocycles. The SMILES string of the molecule is Oc1cc(CCl)c(O)n1-c1ccc(F)cc1. The van der Waals surface area contributed by atoms with Crippen LogP contribution in [0.3, 0.4) is 0 Å². The van der Waals surface area contributed by atoms with Crippen LogP contribution in [0.1, 0.15) is 5.56 Å². The van der Waals surface area contributed by atoms with Crippen LogP contribution in [0.25, 0.3) is 5.69 Å². The number of aromatic nitrogens is 1. The van der Waals surface area contributed by atoms with E-state index in [9.17, 15) is 14.6 Å². The average molecular weight is 242 g/mol. The van der Waals surface area contributed by atoms with Crippen LogP contribution in [0.15, 0.2) is 30.3 Å². The molecule has 16 heavy (non-hydrogen) atoms. The number of nitrogens with zero attached hydrogens (tertiary/aromatic N) is 1. The summed E-state index contributed by atoms with van der Waals surface area (Å²) in [5.41, 5.74) is 0.885. The fourth-order valence-electron chi connectivity index (χ4n) is 1.48. The molecule has 0 radical (unpaired) electrons. The molecule has 0 aliphatic heterocycles. The van der Waals surface area contributed by atoms with Gasteiger partial charge in [0, 0.05) is 11.6 Å². The van der Waals surface area contributed by atoms with Gasteiger partial charge in [-0.15, -0.1) is 11.6 Å². The van der Waals surface area contributed by atoms with E-state index in [-0.39, 0.29) is 23.5 Å². The number of hydrogen-bond acceptors (Lipinski definition) is 2. The highest BCUT2D eigenvalue weighted by atomic mass is 35.5. The van der Waals surface area contributed by atoms with Crippen LogP contribution >= 0.6 is 11.6 Å². The molecule has 2 rings (SSSR count). The van der Waals surface area contributed by atoms with E-state index >= 15 is 0 Å². The highest BCUT2D eigenvalue weighted by Crippen LogP contribution is 2.32. The summed E-state index contributed by atoms with van der Waals surface area (Å²) in [6, 6.07) is 6.76. The second-order valence-electron chi connectivity index (χ2n) is 3.30. The molecule has 0 unspecified atom stereocenters. The van der Waals surface area contributed by atoms with Crippen LogP contribution < -0.4 is 0 Å². The molecule has 0 bridgehead atoms. The molecular formula is C11H9ClFNO2. The molecule has 84 valence electrons. The molecule has 3 nitrogen and oxygen atoms in total. The number of aromatic hydroxyl groups is 2. The van der Waals surface area contributed by atoms with E-state index in [1.165, 1.54) is 34.9 Å². The van der Waals surface area contributed by atoms with Crippen molar-refractivity contribution in [2.75, 3.05) is 0 Å². The summed E-state index contributed by atoms with van der Waals surface area (Å²) in [6.07, 6.45) is 0. The van der Waals surface area contributed by atoms with Crippen molar-refractivity contribution < 1.29 is 14.6 Å². The third-order valence-electron chi connectivity index (χ3n) is 2.26. The van der Waals surface area contributed by atoms with Crippen LogP contribution in [0, 0.1) is 5.82 Å². The van der Waals surface area contributed by atoms with Gasteiger partial charge in [0.15, 0.2) is 5.88 Å². The van der Waals surface area contributed by atoms with Gasteiger partial charge in [-0.2, -0.15) is 0 Å². The zero-order valence-corrected chi connectivity index (χ0v) is 8.95. The summed E-state index contributed by atoms with van der Waals surface area (Å²) >= 11 is 5.59. The van der Waals surface area contributed by atoms with Crippen LogP contribution in [0.4, 0.5) is 4.39 Å². The minimum absolute atomic E-state index is 0.0909. The Morgan fingerprint density at radius 3 is 2.31 bits per heavy atom. The minimum Gasteiger partial charge on any atom is -0.494 e. The minimum atomic E-state index is -0.382. The van der Waals surface area contributed by atoms with Crippen LogP contribution in [0.5, 0.6) is 11.8 Å².